The second kappa shape index (κ2) is 14.2. The summed E-state index contributed by atoms with van der Waals surface area (Å²) in [7, 11) is -3.84. The van der Waals surface area contributed by atoms with E-state index >= 15 is 0 Å². The van der Waals surface area contributed by atoms with Gasteiger partial charge < -0.3 is 5.11 Å². The summed E-state index contributed by atoms with van der Waals surface area (Å²) in [5.74, 6) is 0. The fourth-order valence-electron chi connectivity index (χ4n) is 2.79. The van der Waals surface area contributed by atoms with Gasteiger partial charge in [0.1, 0.15) is 0 Å². The van der Waals surface area contributed by atoms with Gasteiger partial charge in [0.15, 0.2) is 0 Å². The number of hydrogen-bond acceptors (Lipinski definition) is 3. The van der Waals surface area contributed by atoms with Crippen molar-refractivity contribution in [3.8, 4) is 0 Å². The molecular weight excluding hydrogens is 312 g/mol. The Hall–Kier alpha value is -0.130. The Bertz CT molecular complexity index is 352. The van der Waals surface area contributed by atoms with Gasteiger partial charge in [-0.05, 0) is 26.7 Å². The molecule has 0 saturated carbocycles. The molecule has 0 aromatic heterocycles. The highest BCUT2D eigenvalue weighted by atomic mass is 32.2. The SMILES string of the molecule is CC(O)CCCCCCCCCCCCCCC(C)S(=O)(=O)O. The van der Waals surface area contributed by atoms with E-state index in [0.717, 1.165) is 32.1 Å². The summed E-state index contributed by atoms with van der Waals surface area (Å²) >= 11 is 0. The number of unbranched alkanes of at least 4 members (excludes halogenated alkanes) is 11. The number of aliphatic hydroxyl groups excluding tert-OH is 1. The van der Waals surface area contributed by atoms with Gasteiger partial charge in [0.05, 0.1) is 11.4 Å². The van der Waals surface area contributed by atoms with Crippen molar-refractivity contribution in [1.82, 2.24) is 0 Å². The van der Waals surface area contributed by atoms with E-state index in [2.05, 4.69) is 0 Å². The van der Waals surface area contributed by atoms with Gasteiger partial charge in [-0.2, -0.15) is 8.42 Å². The third-order valence-corrected chi connectivity index (χ3v) is 5.74. The Kier molecular flexibility index (Phi) is 14.2. The average molecular weight is 351 g/mol. The second-order valence-corrected chi connectivity index (χ2v) is 8.83. The van der Waals surface area contributed by atoms with Crippen molar-refractivity contribution in [3.63, 3.8) is 0 Å². The van der Waals surface area contributed by atoms with Gasteiger partial charge in [-0.25, -0.2) is 0 Å². The van der Waals surface area contributed by atoms with Crippen molar-refractivity contribution in [2.75, 3.05) is 0 Å². The summed E-state index contributed by atoms with van der Waals surface area (Å²) in [4.78, 5) is 0. The average Bonchev–Trinajstić information content (AvgIpc) is 2.46. The smallest absolute Gasteiger partial charge is 0.267 e. The van der Waals surface area contributed by atoms with Crippen LogP contribution in [0.1, 0.15) is 104 Å². The molecule has 0 aliphatic heterocycles. The molecule has 140 valence electrons. The van der Waals surface area contributed by atoms with Crippen molar-refractivity contribution in [3.05, 3.63) is 0 Å². The van der Waals surface area contributed by atoms with Gasteiger partial charge in [-0.15, -0.1) is 0 Å². The van der Waals surface area contributed by atoms with Crippen LogP contribution in [0.5, 0.6) is 0 Å². The first-order chi connectivity index (χ1) is 10.8. The zero-order valence-electron chi connectivity index (χ0n) is 15.2. The fourth-order valence-corrected chi connectivity index (χ4v) is 3.25. The van der Waals surface area contributed by atoms with Crippen molar-refractivity contribution in [2.45, 2.75) is 115 Å². The summed E-state index contributed by atoms with van der Waals surface area (Å²) in [5.41, 5.74) is 0. The van der Waals surface area contributed by atoms with Crippen LogP contribution in [0.25, 0.3) is 0 Å². The minimum absolute atomic E-state index is 0.147. The van der Waals surface area contributed by atoms with Crippen LogP contribution in [-0.2, 0) is 10.1 Å². The summed E-state index contributed by atoms with van der Waals surface area (Å²) in [6, 6.07) is 0. The Morgan fingerprint density at radius 3 is 1.26 bits per heavy atom. The van der Waals surface area contributed by atoms with Crippen LogP contribution in [0.3, 0.4) is 0 Å². The predicted octanol–water partition coefficient (Wildman–Crippen LogP) is 5.10. The molecule has 0 fully saturated rings. The fraction of sp³-hybridized carbons (Fsp3) is 1.00. The normalized spacial score (nSPS) is 14.8. The van der Waals surface area contributed by atoms with Crippen LogP contribution in [0.4, 0.5) is 0 Å². The maximum Gasteiger partial charge on any atom is 0.267 e. The summed E-state index contributed by atoms with van der Waals surface area (Å²) in [5, 5.41) is 8.53. The quantitative estimate of drug-likeness (QED) is 0.300. The molecule has 0 aromatic carbocycles. The standard InChI is InChI=1S/C18H38O4S/c1-17(19)15-13-11-9-7-5-3-4-6-8-10-12-14-16-18(2)23(20,21)22/h17-19H,3-16H2,1-2H3,(H,20,21,22). The monoisotopic (exact) mass is 350 g/mol. The lowest BCUT2D eigenvalue weighted by molar-refractivity contribution is 0.180. The number of aliphatic hydroxyl groups is 1. The third kappa shape index (κ3) is 16.5. The molecule has 2 atom stereocenters. The Morgan fingerprint density at radius 2 is 0.957 bits per heavy atom. The lowest BCUT2D eigenvalue weighted by Gasteiger charge is -2.07. The Balaban J connectivity index is 3.17. The molecule has 0 bridgehead atoms. The molecule has 0 aromatic rings. The molecular formula is C18H38O4S. The van der Waals surface area contributed by atoms with E-state index in [1.54, 1.807) is 6.92 Å². The molecule has 2 unspecified atom stereocenters. The minimum Gasteiger partial charge on any atom is -0.393 e. The van der Waals surface area contributed by atoms with Gasteiger partial charge in [-0.1, -0.05) is 77.0 Å². The van der Waals surface area contributed by atoms with E-state index < -0.39 is 15.4 Å². The molecule has 23 heavy (non-hydrogen) atoms. The molecule has 0 heterocycles. The van der Waals surface area contributed by atoms with E-state index in [1.807, 2.05) is 6.92 Å². The highest BCUT2D eigenvalue weighted by molar-refractivity contribution is 7.86. The molecule has 0 amide bonds. The Labute approximate surface area is 143 Å². The highest BCUT2D eigenvalue weighted by Gasteiger charge is 2.15. The first-order valence-corrected chi connectivity index (χ1v) is 11.0. The van der Waals surface area contributed by atoms with Crippen LogP contribution in [0, 0.1) is 0 Å². The van der Waals surface area contributed by atoms with Gasteiger partial charge in [0.2, 0.25) is 0 Å². The minimum atomic E-state index is -3.84. The molecule has 4 nitrogen and oxygen atoms in total. The number of hydrogen-bond donors (Lipinski definition) is 2. The molecule has 5 heteroatoms. The van der Waals surface area contributed by atoms with Gasteiger partial charge in [0.25, 0.3) is 10.1 Å². The third-order valence-electron chi connectivity index (χ3n) is 4.49. The van der Waals surface area contributed by atoms with E-state index in [4.69, 9.17) is 9.66 Å². The van der Waals surface area contributed by atoms with E-state index in [-0.39, 0.29) is 6.10 Å². The van der Waals surface area contributed by atoms with Crippen molar-refractivity contribution < 1.29 is 18.1 Å². The van der Waals surface area contributed by atoms with Crippen molar-refractivity contribution in [2.24, 2.45) is 0 Å². The van der Waals surface area contributed by atoms with Crippen LogP contribution in [0.2, 0.25) is 0 Å². The summed E-state index contributed by atoms with van der Waals surface area (Å²) in [6.07, 6.45) is 15.9. The van der Waals surface area contributed by atoms with E-state index in [0.29, 0.717) is 6.42 Å². The van der Waals surface area contributed by atoms with Crippen molar-refractivity contribution >= 4 is 10.1 Å². The van der Waals surface area contributed by atoms with Gasteiger partial charge in [0, 0.05) is 0 Å². The zero-order valence-corrected chi connectivity index (χ0v) is 16.0. The number of rotatable bonds is 16. The van der Waals surface area contributed by atoms with E-state index in [9.17, 15) is 8.42 Å². The molecule has 0 radical (unpaired) electrons. The predicted molar refractivity (Wildman–Crippen MR) is 97.3 cm³/mol. The maximum atomic E-state index is 10.9. The van der Waals surface area contributed by atoms with Gasteiger partial charge in [-0.3, -0.25) is 4.55 Å². The van der Waals surface area contributed by atoms with Crippen molar-refractivity contribution in [1.29, 1.82) is 0 Å². The molecule has 0 rings (SSSR count). The molecule has 0 saturated heterocycles. The summed E-state index contributed by atoms with van der Waals surface area (Å²) in [6.45, 7) is 3.43. The lowest BCUT2D eigenvalue weighted by Crippen LogP contribution is -2.16. The van der Waals surface area contributed by atoms with E-state index in [1.165, 1.54) is 51.4 Å². The summed E-state index contributed by atoms with van der Waals surface area (Å²) < 4.78 is 30.6. The molecule has 2 N–H and O–H groups in total. The molecule has 0 spiro atoms. The van der Waals surface area contributed by atoms with Crippen LogP contribution in [0.15, 0.2) is 0 Å². The highest BCUT2D eigenvalue weighted by Crippen LogP contribution is 2.14. The van der Waals surface area contributed by atoms with Crippen LogP contribution < -0.4 is 0 Å². The first-order valence-electron chi connectivity index (χ1n) is 9.48. The maximum absolute atomic E-state index is 10.9. The second-order valence-electron chi connectivity index (χ2n) is 6.99. The molecule has 0 aliphatic rings. The topological polar surface area (TPSA) is 74.6 Å². The lowest BCUT2D eigenvalue weighted by atomic mass is 10.0. The Morgan fingerprint density at radius 1 is 0.652 bits per heavy atom. The molecule has 0 aliphatic carbocycles. The largest absolute Gasteiger partial charge is 0.393 e. The van der Waals surface area contributed by atoms with Gasteiger partial charge >= 0.3 is 0 Å². The van der Waals surface area contributed by atoms with Crippen LogP contribution in [-0.4, -0.2) is 29.4 Å². The zero-order chi connectivity index (χ0) is 17.6. The van der Waals surface area contributed by atoms with Crippen LogP contribution >= 0.6 is 0 Å². The first kappa shape index (κ1) is 22.9.